The highest BCUT2D eigenvalue weighted by atomic mass is 16.5. The number of carbonyl (C=O) groups excluding carboxylic acids is 1. The molecule has 0 unspecified atom stereocenters. The van der Waals surface area contributed by atoms with Gasteiger partial charge in [-0.3, -0.25) is 4.79 Å². The molecule has 0 bridgehead atoms. The van der Waals surface area contributed by atoms with Crippen molar-refractivity contribution < 1.29 is 18.8 Å². The van der Waals surface area contributed by atoms with E-state index >= 15 is 0 Å². The van der Waals surface area contributed by atoms with Gasteiger partial charge in [-0.25, -0.2) is 0 Å². The second-order valence-corrected chi connectivity index (χ2v) is 11.9. The van der Waals surface area contributed by atoms with Crippen LogP contribution in [0.5, 0.6) is 11.5 Å². The van der Waals surface area contributed by atoms with Gasteiger partial charge in [0.05, 0.1) is 11.1 Å². The lowest BCUT2D eigenvalue weighted by Crippen LogP contribution is -2.23. The first kappa shape index (κ1) is 31.1. The van der Waals surface area contributed by atoms with E-state index in [2.05, 4.69) is 66.0 Å². The largest absolute Gasteiger partial charge is 0.488 e. The van der Waals surface area contributed by atoms with Crippen LogP contribution in [0.2, 0.25) is 0 Å². The molecule has 7 nitrogen and oxygen atoms in total. The maximum Gasteiger partial charge on any atom is 0.274 e. The van der Waals surface area contributed by atoms with Crippen molar-refractivity contribution in [3.05, 3.63) is 125 Å². The van der Waals surface area contributed by atoms with Gasteiger partial charge >= 0.3 is 0 Å². The molecule has 0 saturated heterocycles. The number of nitrogens with one attached hydrogen (secondary N) is 2. The fourth-order valence-corrected chi connectivity index (χ4v) is 5.89. The molecular formula is C39H41N3O4. The summed E-state index contributed by atoms with van der Waals surface area (Å²) in [5.74, 6) is 1.69. The van der Waals surface area contributed by atoms with Crippen molar-refractivity contribution in [3.8, 4) is 33.9 Å². The third-order valence-corrected chi connectivity index (χ3v) is 8.33. The number of amides is 1. The minimum absolute atomic E-state index is 0.141. The van der Waals surface area contributed by atoms with Crippen molar-refractivity contribution in [3.63, 3.8) is 0 Å². The Hall–Kier alpha value is -4.88. The summed E-state index contributed by atoms with van der Waals surface area (Å²) in [6.07, 6.45) is 1.88. The van der Waals surface area contributed by atoms with E-state index in [0.29, 0.717) is 36.8 Å². The zero-order valence-electron chi connectivity index (χ0n) is 26.8. The Balaban J connectivity index is 1.50. The highest BCUT2D eigenvalue weighted by molar-refractivity contribution is 6.02. The number of fused-ring (bicyclic) bond motifs is 1. The van der Waals surface area contributed by atoms with Gasteiger partial charge in [0, 0.05) is 12.6 Å². The highest BCUT2D eigenvalue weighted by Crippen LogP contribution is 2.44. The lowest BCUT2D eigenvalue weighted by molar-refractivity contribution is 0.0947. The number of hydrogen-bond acceptors (Lipinski definition) is 6. The lowest BCUT2D eigenvalue weighted by Gasteiger charge is -2.19. The Morgan fingerprint density at radius 3 is 2.15 bits per heavy atom. The quantitative estimate of drug-likeness (QED) is 0.158. The number of aromatic nitrogens is 1. The van der Waals surface area contributed by atoms with Crippen molar-refractivity contribution in [2.75, 3.05) is 19.6 Å². The zero-order valence-corrected chi connectivity index (χ0v) is 26.8. The molecule has 236 valence electrons. The average Bonchev–Trinajstić information content (AvgIpc) is 3.39. The fraction of sp³-hybridized carbons (Fsp3) is 0.282. The van der Waals surface area contributed by atoms with E-state index in [1.165, 1.54) is 11.1 Å². The average molecular weight is 616 g/mol. The zero-order chi connectivity index (χ0) is 31.9. The molecule has 46 heavy (non-hydrogen) atoms. The Bertz CT molecular complexity index is 1780. The maximum absolute atomic E-state index is 13.4. The van der Waals surface area contributed by atoms with Crippen LogP contribution >= 0.6 is 0 Å². The van der Waals surface area contributed by atoms with E-state index in [1.807, 2.05) is 61.5 Å². The van der Waals surface area contributed by atoms with Crippen molar-refractivity contribution >= 4 is 5.91 Å². The second-order valence-electron chi connectivity index (χ2n) is 11.9. The van der Waals surface area contributed by atoms with Crippen molar-refractivity contribution in [1.29, 1.82) is 0 Å². The lowest BCUT2D eigenvalue weighted by atomic mass is 9.92. The molecule has 1 amide bonds. The molecule has 0 radical (unpaired) electrons. The smallest absolute Gasteiger partial charge is 0.274 e. The van der Waals surface area contributed by atoms with Crippen LogP contribution in [-0.4, -0.2) is 30.7 Å². The van der Waals surface area contributed by atoms with Gasteiger partial charge in [0.25, 0.3) is 5.91 Å². The fourth-order valence-electron chi connectivity index (χ4n) is 5.89. The second kappa shape index (κ2) is 14.5. The third-order valence-electron chi connectivity index (χ3n) is 8.33. The molecule has 2 N–H and O–H groups in total. The summed E-state index contributed by atoms with van der Waals surface area (Å²) in [7, 11) is 0. The molecule has 0 atom stereocenters. The van der Waals surface area contributed by atoms with E-state index in [0.717, 1.165) is 59.5 Å². The van der Waals surface area contributed by atoms with Crippen LogP contribution in [0.1, 0.15) is 65.0 Å². The summed E-state index contributed by atoms with van der Waals surface area (Å²) in [6.45, 7) is 9.30. The molecule has 5 aromatic rings. The predicted octanol–water partition coefficient (Wildman–Crippen LogP) is 7.73. The van der Waals surface area contributed by atoms with Gasteiger partial charge in [-0.2, -0.15) is 0 Å². The van der Waals surface area contributed by atoms with Crippen molar-refractivity contribution in [2.45, 2.75) is 52.7 Å². The van der Waals surface area contributed by atoms with Gasteiger partial charge in [-0.1, -0.05) is 97.9 Å². The summed E-state index contributed by atoms with van der Waals surface area (Å²) in [4.78, 5) is 13.4. The van der Waals surface area contributed by atoms with Gasteiger partial charge in [0.2, 0.25) is 0 Å². The first-order valence-corrected chi connectivity index (χ1v) is 16.1. The summed E-state index contributed by atoms with van der Waals surface area (Å²) in [5.41, 5.74) is 8.24. The van der Waals surface area contributed by atoms with E-state index in [1.54, 1.807) is 0 Å². The number of carbonyl (C=O) groups is 1. The number of ether oxygens (including phenoxy) is 2. The third kappa shape index (κ3) is 7.00. The molecule has 1 aliphatic rings. The van der Waals surface area contributed by atoms with Gasteiger partial charge in [0.15, 0.2) is 11.5 Å². The topological polar surface area (TPSA) is 85.6 Å². The Morgan fingerprint density at radius 1 is 0.848 bits per heavy atom. The molecule has 0 aliphatic carbocycles. The van der Waals surface area contributed by atoms with Crippen LogP contribution in [0.4, 0.5) is 0 Å². The first-order valence-electron chi connectivity index (χ1n) is 16.1. The van der Waals surface area contributed by atoms with Gasteiger partial charge in [-0.05, 0) is 78.2 Å². The summed E-state index contributed by atoms with van der Waals surface area (Å²) < 4.78 is 19.1. The molecule has 0 saturated carbocycles. The number of rotatable bonds is 11. The van der Waals surface area contributed by atoms with E-state index < -0.39 is 0 Å². The molecule has 1 aliphatic heterocycles. The van der Waals surface area contributed by atoms with E-state index in [4.69, 9.17) is 14.0 Å². The molecule has 4 aromatic carbocycles. The van der Waals surface area contributed by atoms with Gasteiger partial charge in [-0.15, -0.1) is 0 Å². The van der Waals surface area contributed by atoms with Crippen LogP contribution in [0.15, 0.2) is 95.5 Å². The maximum atomic E-state index is 13.4. The summed E-state index contributed by atoms with van der Waals surface area (Å²) >= 11 is 0. The molecule has 7 heteroatoms. The molecule has 2 heterocycles. The Labute approximate surface area is 270 Å². The van der Waals surface area contributed by atoms with E-state index in [9.17, 15) is 4.79 Å². The number of benzene rings is 4. The SMILES string of the molecule is CCNC(=O)c1noc(-c2cc(C(C)C)c(OCc3ccccc3)cc2OCc2ccccc2)c1-c1ccc2c(c1)CCNCC2. The first-order chi connectivity index (χ1) is 22.5. The van der Waals surface area contributed by atoms with Crippen LogP contribution in [0, 0.1) is 0 Å². The van der Waals surface area contributed by atoms with Gasteiger partial charge < -0.3 is 24.6 Å². The van der Waals surface area contributed by atoms with Crippen LogP contribution in [0.25, 0.3) is 22.5 Å². The van der Waals surface area contributed by atoms with Gasteiger partial charge in [0.1, 0.15) is 24.7 Å². The minimum atomic E-state index is -0.275. The molecule has 0 spiro atoms. The molecule has 0 fully saturated rings. The Morgan fingerprint density at radius 2 is 1.50 bits per heavy atom. The molecule has 1 aromatic heterocycles. The normalized spacial score (nSPS) is 12.8. The number of nitrogens with zero attached hydrogens (tertiary/aromatic N) is 1. The summed E-state index contributed by atoms with van der Waals surface area (Å²) in [6, 6.07) is 30.6. The standard InChI is InChI=1S/C39H41N3O4/c1-4-41-39(43)37-36(31-16-15-29-17-19-40-20-18-30(29)21-31)38(46-42-37)33-22-32(26(2)3)34(44-24-27-11-7-5-8-12-27)23-35(33)45-25-28-13-9-6-10-14-28/h5-16,21-23,26,40H,4,17-20,24-25H2,1-3H3,(H,41,43). The molecule has 6 rings (SSSR count). The van der Waals surface area contributed by atoms with Crippen molar-refractivity contribution in [2.24, 2.45) is 0 Å². The van der Waals surface area contributed by atoms with Crippen LogP contribution in [-0.2, 0) is 26.1 Å². The highest BCUT2D eigenvalue weighted by Gasteiger charge is 2.28. The number of hydrogen-bond donors (Lipinski definition) is 2. The summed E-state index contributed by atoms with van der Waals surface area (Å²) in [5, 5.41) is 10.8. The monoisotopic (exact) mass is 615 g/mol. The minimum Gasteiger partial charge on any atom is -0.488 e. The molecular weight excluding hydrogens is 574 g/mol. The van der Waals surface area contributed by atoms with Crippen LogP contribution < -0.4 is 20.1 Å². The Kier molecular flexibility index (Phi) is 9.79. The van der Waals surface area contributed by atoms with Crippen molar-refractivity contribution in [1.82, 2.24) is 15.8 Å². The van der Waals surface area contributed by atoms with E-state index in [-0.39, 0.29) is 17.5 Å². The van der Waals surface area contributed by atoms with Crippen LogP contribution in [0.3, 0.4) is 0 Å². The predicted molar refractivity (Wildman–Crippen MR) is 181 cm³/mol.